The Labute approximate surface area is 121 Å². The van der Waals surface area contributed by atoms with Crippen LogP contribution in [0.3, 0.4) is 0 Å². The fourth-order valence-electron chi connectivity index (χ4n) is 1.99. The Morgan fingerprint density at radius 1 is 1.67 bits per heavy atom. The number of rotatable bonds is 3. The maximum Gasteiger partial charge on any atom is 0.282 e. The number of anilines is 1. The fraction of sp³-hybridized carbons (Fsp3) is 0.636. The number of aromatic nitrogens is 2. The van der Waals surface area contributed by atoms with Crippen LogP contribution in [0.2, 0.25) is 0 Å². The van der Waals surface area contributed by atoms with Crippen molar-refractivity contribution in [1.82, 2.24) is 15.1 Å². The third-order valence-electron chi connectivity index (χ3n) is 3.06. The molecular formula is C11H18BrClN4O. The lowest BCUT2D eigenvalue weighted by molar-refractivity contribution is 0.393. The van der Waals surface area contributed by atoms with Crippen molar-refractivity contribution in [2.24, 2.45) is 13.0 Å². The predicted octanol–water partition coefficient (Wildman–Crippen LogP) is 1.38. The van der Waals surface area contributed by atoms with Gasteiger partial charge in [-0.15, -0.1) is 12.4 Å². The van der Waals surface area contributed by atoms with Crippen molar-refractivity contribution in [2.45, 2.75) is 12.8 Å². The van der Waals surface area contributed by atoms with E-state index >= 15 is 0 Å². The van der Waals surface area contributed by atoms with Gasteiger partial charge in [0.1, 0.15) is 4.47 Å². The zero-order valence-corrected chi connectivity index (χ0v) is 12.7. The van der Waals surface area contributed by atoms with E-state index in [9.17, 15) is 4.79 Å². The lowest BCUT2D eigenvalue weighted by Crippen LogP contribution is -2.34. The van der Waals surface area contributed by atoms with Crippen LogP contribution in [0.5, 0.6) is 0 Å². The molecule has 0 aliphatic carbocycles. The van der Waals surface area contributed by atoms with Gasteiger partial charge in [0.15, 0.2) is 0 Å². The van der Waals surface area contributed by atoms with Crippen LogP contribution < -0.4 is 16.2 Å². The normalized spacial score (nSPS) is 19.1. The Bertz CT molecular complexity index is 445. The Hall–Kier alpha value is -0.590. The van der Waals surface area contributed by atoms with E-state index in [-0.39, 0.29) is 18.0 Å². The average molecular weight is 338 g/mol. The largest absolute Gasteiger partial charge is 0.382 e. The molecule has 0 bridgehead atoms. The molecule has 0 saturated carbocycles. The number of nitrogens with zero attached hydrogens (tertiary/aromatic N) is 2. The van der Waals surface area contributed by atoms with Crippen LogP contribution in [0.25, 0.3) is 0 Å². The van der Waals surface area contributed by atoms with E-state index in [1.165, 1.54) is 17.5 Å². The van der Waals surface area contributed by atoms with Gasteiger partial charge in [0, 0.05) is 13.6 Å². The molecule has 5 nitrogen and oxygen atoms in total. The molecule has 0 radical (unpaired) electrons. The standard InChI is InChI=1S/C11H17BrN4O.ClH/c1-16-11(17)10(12)9(7-15-16)14-6-8-3-2-4-13-5-8;/h7-8,13-14H,2-6H2,1H3;1H. The molecule has 1 saturated heterocycles. The lowest BCUT2D eigenvalue weighted by atomic mass is 10.00. The summed E-state index contributed by atoms with van der Waals surface area (Å²) in [5.41, 5.74) is 0.662. The molecule has 1 aromatic rings. The molecule has 1 atom stereocenters. The molecule has 102 valence electrons. The van der Waals surface area contributed by atoms with Gasteiger partial charge in [-0.2, -0.15) is 5.10 Å². The quantitative estimate of drug-likeness (QED) is 0.875. The van der Waals surface area contributed by atoms with Gasteiger partial charge >= 0.3 is 0 Å². The molecular weight excluding hydrogens is 320 g/mol. The van der Waals surface area contributed by atoms with E-state index in [0.29, 0.717) is 10.4 Å². The minimum atomic E-state index is -0.114. The third kappa shape index (κ3) is 3.70. The van der Waals surface area contributed by atoms with Crippen LogP contribution in [0.4, 0.5) is 5.69 Å². The SMILES string of the molecule is Cl.Cn1ncc(NCC2CCCNC2)c(Br)c1=O. The van der Waals surface area contributed by atoms with Gasteiger partial charge in [-0.25, -0.2) is 4.68 Å². The fourth-order valence-corrected chi connectivity index (χ4v) is 2.49. The first-order valence-corrected chi connectivity index (χ1v) is 6.64. The number of hydrogen-bond acceptors (Lipinski definition) is 4. The molecule has 1 aromatic heterocycles. The highest BCUT2D eigenvalue weighted by atomic mass is 79.9. The number of halogens is 2. The number of hydrogen-bond donors (Lipinski definition) is 2. The number of nitrogens with one attached hydrogen (secondary N) is 2. The van der Waals surface area contributed by atoms with Crippen LogP contribution in [0, 0.1) is 5.92 Å². The highest BCUT2D eigenvalue weighted by Gasteiger charge is 2.13. The molecule has 7 heteroatoms. The van der Waals surface area contributed by atoms with Crippen LogP contribution in [0.15, 0.2) is 15.5 Å². The third-order valence-corrected chi connectivity index (χ3v) is 3.82. The second-order valence-electron chi connectivity index (χ2n) is 4.39. The van der Waals surface area contributed by atoms with Crippen molar-refractivity contribution in [2.75, 3.05) is 25.0 Å². The number of aryl methyl sites for hydroxylation is 1. The van der Waals surface area contributed by atoms with Gasteiger partial charge in [0.2, 0.25) is 0 Å². The van der Waals surface area contributed by atoms with Crippen LogP contribution in [-0.4, -0.2) is 29.4 Å². The zero-order valence-electron chi connectivity index (χ0n) is 10.3. The van der Waals surface area contributed by atoms with Gasteiger partial charge in [0.25, 0.3) is 5.56 Å². The van der Waals surface area contributed by atoms with Gasteiger partial charge in [-0.3, -0.25) is 4.79 Å². The van der Waals surface area contributed by atoms with E-state index < -0.39 is 0 Å². The first-order chi connectivity index (χ1) is 8.18. The zero-order chi connectivity index (χ0) is 12.3. The summed E-state index contributed by atoms with van der Waals surface area (Å²) >= 11 is 3.30. The monoisotopic (exact) mass is 336 g/mol. The van der Waals surface area contributed by atoms with Gasteiger partial charge < -0.3 is 10.6 Å². The number of piperidine rings is 1. The molecule has 1 fully saturated rings. The summed E-state index contributed by atoms with van der Waals surface area (Å²) < 4.78 is 1.87. The first-order valence-electron chi connectivity index (χ1n) is 5.85. The minimum absolute atomic E-state index is 0. The first kappa shape index (κ1) is 15.5. The summed E-state index contributed by atoms with van der Waals surface area (Å²) in [5, 5.41) is 10.7. The molecule has 2 heterocycles. The Morgan fingerprint density at radius 2 is 2.44 bits per heavy atom. The molecule has 0 spiro atoms. The van der Waals surface area contributed by atoms with E-state index in [2.05, 4.69) is 31.7 Å². The molecule has 2 N–H and O–H groups in total. The molecule has 2 rings (SSSR count). The summed E-state index contributed by atoms with van der Waals surface area (Å²) in [5.74, 6) is 0.625. The maximum atomic E-state index is 11.6. The topological polar surface area (TPSA) is 59.0 Å². The molecule has 0 aromatic carbocycles. The molecule has 1 unspecified atom stereocenters. The summed E-state index contributed by atoms with van der Waals surface area (Å²) in [6.07, 6.45) is 4.14. The molecule has 18 heavy (non-hydrogen) atoms. The average Bonchev–Trinajstić information content (AvgIpc) is 2.36. The summed E-state index contributed by atoms with van der Waals surface area (Å²) in [7, 11) is 1.64. The predicted molar refractivity (Wildman–Crippen MR) is 78.5 cm³/mol. The highest BCUT2D eigenvalue weighted by molar-refractivity contribution is 9.10. The Balaban J connectivity index is 0.00000162. The van der Waals surface area contributed by atoms with Gasteiger partial charge in [0.05, 0.1) is 11.9 Å². The Kier molecular flexibility index (Phi) is 6.11. The van der Waals surface area contributed by atoms with Crippen molar-refractivity contribution in [3.8, 4) is 0 Å². The van der Waals surface area contributed by atoms with Crippen molar-refractivity contribution < 1.29 is 0 Å². The van der Waals surface area contributed by atoms with E-state index in [1.807, 2.05) is 0 Å². The molecule has 1 aliphatic rings. The Morgan fingerprint density at radius 3 is 3.11 bits per heavy atom. The van der Waals surface area contributed by atoms with E-state index in [0.717, 1.165) is 25.3 Å². The van der Waals surface area contributed by atoms with Crippen molar-refractivity contribution in [3.63, 3.8) is 0 Å². The maximum absolute atomic E-state index is 11.6. The van der Waals surface area contributed by atoms with E-state index in [4.69, 9.17) is 0 Å². The van der Waals surface area contributed by atoms with Crippen molar-refractivity contribution in [3.05, 3.63) is 21.0 Å². The highest BCUT2D eigenvalue weighted by Crippen LogP contribution is 2.17. The summed E-state index contributed by atoms with van der Waals surface area (Å²) in [6.45, 7) is 3.04. The van der Waals surface area contributed by atoms with Gasteiger partial charge in [-0.05, 0) is 47.8 Å². The minimum Gasteiger partial charge on any atom is -0.382 e. The molecule has 0 amide bonds. The second kappa shape index (κ2) is 7.11. The second-order valence-corrected chi connectivity index (χ2v) is 5.19. The van der Waals surface area contributed by atoms with Crippen LogP contribution >= 0.6 is 28.3 Å². The molecule has 1 aliphatic heterocycles. The smallest absolute Gasteiger partial charge is 0.282 e. The van der Waals surface area contributed by atoms with Crippen molar-refractivity contribution >= 4 is 34.0 Å². The lowest BCUT2D eigenvalue weighted by Gasteiger charge is -2.23. The summed E-state index contributed by atoms with van der Waals surface area (Å²) in [4.78, 5) is 11.6. The van der Waals surface area contributed by atoms with Crippen LogP contribution in [-0.2, 0) is 7.05 Å². The van der Waals surface area contributed by atoms with Crippen molar-refractivity contribution in [1.29, 1.82) is 0 Å². The van der Waals surface area contributed by atoms with Gasteiger partial charge in [-0.1, -0.05) is 0 Å². The summed E-state index contributed by atoms with van der Waals surface area (Å²) in [6, 6.07) is 0. The van der Waals surface area contributed by atoms with E-state index in [1.54, 1.807) is 13.2 Å². The van der Waals surface area contributed by atoms with Crippen LogP contribution in [0.1, 0.15) is 12.8 Å².